The van der Waals surface area contributed by atoms with Crippen LogP contribution in [0.25, 0.3) is 0 Å². The lowest BCUT2D eigenvalue weighted by atomic mass is 9.68. The molecule has 2 nitrogen and oxygen atoms in total. The molecule has 0 spiro atoms. The first kappa shape index (κ1) is 13.7. The van der Waals surface area contributed by atoms with E-state index < -0.39 is 13.9 Å². The molecule has 0 fully saturated rings. The molecule has 0 saturated carbocycles. The molecule has 0 aromatic carbocycles. The zero-order valence-corrected chi connectivity index (χ0v) is 12.4. The third kappa shape index (κ3) is 2.63. The van der Waals surface area contributed by atoms with Gasteiger partial charge in [-0.25, -0.2) is 0 Å². The minimum absolute atomic E-state index is 0.197. The van der Waals surface area contributed by atoms with E-state index >= 15 is 0 Å². The molecule has 1 rings (SSSR count). The Morgan fingerprint density at radius 2 is 1.94 bits per heavy atom. The first-order valence-electron chi connectivity index (χ1n) is 5.97. The van der Waals surface area contributed by atoms with Crippen LogP contribution in [0.4, 0.5) is 0 Å². The van der Waals surface area contributed by atoms with Crippen LogP contribution in [0.2, 0.25) is 19.6 Å². The predicted octanol–water partition coefficient (Wildman–Crippen LogP) is 3.54. The summed E-state index contributed by atoms with van der Waals surface area (Å²) in [7, 11) is -1.71. The lowest BCUT2D eigenvalue weighted by Gasteiger charge is -2.47. The van der Waals surface area contributed by atoms with E-state index in [-0.39, 0.29) is 5.41 Å². The van der Waals surface area contributed by atoms with Crippen LogP contribution in [0.5, 0.6) is 0 Å². The van der Waals surface area contributed by atoms with Crippen LogP contribution >= 0.6 is 0 Å². The third-order valence-electron chi connectivity index (χ3n) is 3.27. The quantitative estimate of drug-likeness (QED) is 0.428. The molecule has 0 amide bonds. The van der Waals surface area contributed by atoms with Gasteiger partial charge in [0.1, 0.15) is 5.60 Å². The molecule has 1 atom stereocenters. The number of rotatable bonds is 3. The second kappa shape index (κ2) is 4.11. The van der Waals surface area contributed by atoms with E-state index in [0.29, 0.717) is 0 Å². The van der Waals surface area contributed by atoms with E-state index in [9.17, 15) is 4.79 Å². The summed E-state index contributed by atoms with van der Waals surface area (Å²) in [4.78, 5) is 11.5. The van der Waals surface area contributed by atoms with Crippen LogP contribution in [-0.4, -0.2) is 20.2 Å². The van der Waals surface area contributed by atoms with Crippen molar-refractivity contribution in [2.75, 3.05) is 0 Å². The van der Waals surface area contributed by atoms with Crippen LogP contribution < -0.4 is 0 Å². The molecule has 1 aliphatic rings. The highest BCUT2D eigenvalue weighted by Gasteiger charge is 2.48. The maximum atomic E-state index is 11.5. The molecule has 16 heavy (non-hydrogen) atoms. The second-order valence-corrected chi connectivity index (χ2v) is 10.9. The van der Waals surface area contributed by atoms with Gasteiger partial charge in [-0.05, 0) is 39.4 Å². The van der Waals surface area contributed by atoms with Gasteiger partial charge in [-0.2, -0.15) is 0 Å². The summed E-state index contributed by atoms with van der Waals surface area (Å²) in [6, 6.07) is 0. The number of hydrogen-bond donors (Lipinski definition) is 0. The number of hydrogen-bond acceptors (Lipinski definition) is 2. The van der Waals surface area contributed by atoms with E-state index in [1.54, 1.807) is 0 Å². The van der Waals surface area contributed by atoms with E-state index in [2.05, 4.69) is 46.5 Å². The van der Waals surface area contributed by atoms with Crippen molar-refractivity contribution >= 4 is 14.6 Å². The van der Waals surface area contributed by atoms with Crippen molar-refractivity contribution in [1.29, 1.82) is 0 Å². The number of allylic oxidation sites excluding steroid dienone is 1. The van der Waals surface area contributed by atoms with Crippen molar-refractivity contribution in [3.8, 4) is 0 Å². The Morgan fingerprint density at radius 1 is 1.38 bits per heavy atom. The fourth-order valence-corrected chi connectivity index (χ4v) is 3.99. The SMILES string of the molecule is CC1=CC(C)(C)C(C=O)(O[Si](C)(C)C)CC1. The van der Waals surface area contributed by atoms with Crippen molar-refractivity contribution in [1.82, 2.24) is 0 Å². The molecule has 1 unspecified atom stereocenters. The Balaban J connectivity index is 3.10. The van der Waals surface area contributed by atoms with Crippen molar-refractivity contribution in [2.24, 2.45) is 5.41 Å². The maximum absolute atomic E-state index is 11.5. The number of aldehydes is 1. The summed E-state index contributed by atoms with van der Waals surface area (Å²) in [6.07, 6.45) is 5.02. The molecule has 0 aromatic heterocycles. The average Bonchev–Trinajstić information content (AvgIpc) is 2.07. The van der Waals surface area contributed by atoms with Gasteiger partial charge < -0.3 is 9.22 Å². The maximum Gasteiger partial charge on any atom is 0.185 e. The summed E-state index contributed by atoms with van der Waals surface area (Å²) < 4.78 is 6.21. The standard InChI is InChI=1S/C13H24O2Si/c1-11-7-8-13(10-14,12(2,3)9-11)15-16(4,5)6/h9-10H,7-8H2,1-6H3. The van der Waals surface area contributed by atoms with Gasteiger partial charge >= 0.3 is 0 Å². The van der Waals surface area contributed by atoms with Crippen LogP contribution in [-0.2, 0) is 9.22 Å². The van der Waals surface area contributed by atoms with Gasteiger partial charge in [0.05, 0.1) is 0 Å². The molecule has 0 radical (unpaired) electrons. The van der Waals surface area contributed by atoms with E-state index in [4.69, 9.17) is 4.43 Å². The first-order valence-corrected chi connectivity index (χ1v) is 9.38. The lowest BCUT2D eigenvalue weighted by Crippen LogP contribution is -2.54. The van der Waals surface area contributed by atoms with Gasteiger partial charge in [0.2, 0.25) is 0 Å². The smallest absolute Gasteiger partial charge is 0.185 e. The number of carbonyl (C=O) groups excluding carboxylic acids is 1. The van der Waals surface area contributed by atoms with Gasteiger partial charge in [0, 0.05) is 5.41 Å². The molecular weight excluding hydrogens is 216 g/mol. The van der Waals surface area contributed by atoms with E-state index in [1.807, 2.05) is 0 Å². The van der Waals surface area contributed by atoms with Crippen molar-refractivity contribution < 1.29 is 9.22 Å². The van der Waals surface area contributed by atoms with Gasteiger partial charge in [0.25, 0.3) is 0 Å². The largest absolute Gasteiger partial charge is 0.405 e. The summed E-state index contributed by atoms with van der Waals surface area (Å²) >= 11 is 0. The normalized spacial score (nSPS) is 29.8. The molecule has 92 valence electrons. The lowest BCUT2D eigenvalue weighted by molar-refractivity contribution is -0.132. The highest BCUT2D eigenvalue weighted by Crippen LogP contribution is 2.44. The Labute approximate surface area is 100 Å². The van der Waals surface area contributed by atoms with Crippen LogP contribution in [0.3, 0.4) is 0 Å². The van der Waals surface area contributed by atoms with E-state index in [1.165, 1.54) is 5.57 Å². The Kier molecular flexibility index (Phi) is 3.51. The molecule has 0 aromatic rings. The fourth-order valence-electron chi connectivity index (χ4n) is 2.48. The highest BCUT2D eigenvalue weighted by molar-refractivity contribution is 6.70. The van der Waals surface area contributed by atoms with Crippen LogP contribution in [0, 0.1) is 5.41 Å². The Hall–Kier alpha value is -0.413. The van der Waals surface area contributed by atoms with E-state index in [0.717, 1.165) is 19.1 Å². The Bertz CT molecular complexity index is 312. The molecule has 1 aliphatic carbocycles. The molecule has 0 heterocycles. The first-order chi connectivity index (χ1) is 7.12. The molecule has 0 bridgehead atoms. The zero-order valence-electron chi connectivity index (χ0n) is 11.4. The summed E-state index contributed by atoms with van der Waals surface area (Å²) in [5.74, 6) is 0. The van der Waals surface area contributed by atoms with Gasteiger partial charge in [-0.3, -0.25) is 0 Å². The highest BCUT2D eigenvalue weighted by atomic mass is 28.4. The Morgan fingerprint density at radius 3 is 2.31 bits per heavy atom. The average molecular weight is 240 g/mol. The molecule has 0 N–H and O–H groups in total. The molecular formula is C13H24O2Si. The van der Waals surface area contributed by atoms with Gasteiger partial charge in [0.15, 0.2) is 14.6 Å². The monoisotopic (exact) mass is 240 g/mol. The fraction of sp³-hybridized carbons (Fsp3) is 0.769. The second-order valence-electron chi connectivity index (χ2n) is 6.43. The topological polar surface area (TPSA) is 26.3 Å². The summed E-state index contributed by atoms with van der Waals surface area (Å²) in [6.45, 7) is 12.7. The minimum Gasteiger partial charge on any atom is -0.405 e. The molecule has 3 heteroatoms. The summed E-state index contributed by atoms with van der Waals surface area (Å²) in [5.41, 5.74) is 0.551. The minimum atomic E-state index is -1.71. The molecule has 0 saturated heterocycles. The number of carbonyl (C=O) groups is 1. The van der Waals surface area contributed by atoms with Crippen molar-refractivity contribution in [2.45, 2.75) is 58.9 Å². The zero-order chi connectivity index (χ0) is 12.6. The van der Waals surface area contributed by atoms with Gasteiger partial charge in [-0.1, -0.05) is 25.5 Å². The predicted molar refractivity (Wildman–Crippen MR) is 70.0 cm³/mol. The third-order valence-corrected chi connectivity index (χ3v) is 4.24. The van der Waals surface area contributed by atoms with Crippen molar-refractivity contribution in [3.05, 3.63) is 11.6 Å². The van der Waals surface area contributed by atoms with Crippen LogP contribution in [0.1, 0.15) is 33.6 Å². The molecule has 0 aliphatic heterocycles. The van der Waals surface area contributed by atoms with Gasteiger partial charge in [-0.15, -0.1) is 0 Å². The van der Waals surface area contributed by atoms with Crippen LogP contribution in [0.15, 0.2) is 11.6 Å². The summed E-state index contributed by atoms with van der Waals surface area (Å²) in [5, 5.41) is 0. The van der Waals surface area contributed by atoms with Crippen molar-refractivity contribution in [3.63, 3.8) is 0 Å².